The molecule has 0 saturated heterocycles. The number of carbonyl (C=O) groups excluding carboxylic acids is 1. The summed E-state index contributed by atoms with van der Waals surface area (Å²) in [6.07, 6.45) is 0.556. The molecule has 0 radical (unpaired) electrons. The molecule has 0 spiro atoms. The van der Waals surface area contributed by atoms with Crippen molar-refractivity contribution in [1.82, 2.24) is 0 Å². The van der Waals surface area contributed by atoms with Crippen molar-refractivity contribution in [1.29, 1.82) is 0 Å². The zero-order chi connectivity index (χ0) is 12.6. The summed E-state index contributed by atoms with van der Waals surface area (Å²) >= 11 is 0. The van der Waals surface area contributed by atoms with Crippen LogP contribution >= 0.6 is 0 Å². The molecule has 1 atom stereocenters. The molecule has 0 bridgehead atoms. The second kappa shape index (κ2) is 4.29. The molecule has 0 amide bonds. The third-order valence-corrected chi connectivity index (χ3v) is 2.89. The van der Waals surface area contributed by atoms with Gasteiger partial charge in [0.1, 0.15) is 11.5 Å². The summed E-state index contributed by atoms with van der Waals surface area (Å²) in [4.78, 5) is 11.1. The second-order valence-corrected chi connectivity index (χ2v) is 4.11. The van der Waals surface area contributed by atoms with E-state index >= 15 is 0 Å². The minimum Gasteiger partial charge on any atom is -0.545 e. The van der Waals surface area contributed by atoms with Gasteiger partial charge in [0.25, 0.3) is 0 Å². The number of aromatic carboxylic acids is 1. The monoisotopic (exact) mass is 235 g/mol. The molecule has 1 aliphatic heterocycles. The molecular formula is C11H12BO5-. The number of hydrogen-bond acceptors (Lipinski definition) is 5. The number of carbonyl (C=O) groups is 1. The fourth-order valence-corrected chi connectivity index (χ4v) is 1.95. The highest BCUT2D eigenvalue weighted by Gasteiger charge is 2.33. The minimum atomic E-state index is -1.37. The van der Waals surface area contributed by atoms with Crippen molar-refractivity contribution in [2.24, 2.45) is 0 Å². The molecule has 1 aliphatic rings. The maximum atomic E-state index is 11.1. The Hall–Kier alpha value is -1.69. The summed E-state index contributed by atoms with van der Waals surface area (Å²) in [5.74, 6) is -1.13. The maximum Gasteiger partial charge on any atom is 0.525 e. The van der Waals surface area contributed by atoms with Crippen molar-refractivity contribution in [2.45, 2.75) is 19.2 Å². The fraction of sp³-hybridized carbons (Fsp3) is 0.364. The molecule has 1 N–H and O–H groups in total. The average Bonchev–Trinajstić information content (AvgIpc) is 2.29. The first-order chi connectivity index (χ1) is 8.04. The van der Waals surface area contributed by atoms with Crippen molar-refractivity contribution >= 4 is 13.1 Å². The number of rotatable bonds is 2. The molecule has 2 rings (SSSR count). The van der Waals surface area contributed by atoms with Gasteiger partial charge in [-0.3, -0.25) is 0 Å². The van der Waals surface area contributed by atoms with Gasteiger partial charge in [-0.05, 0) is 18.1 Å². The van der Waals surface area contributed by atoms with Crippen LogP contribution in [0.3, 0.4) is 0 Å². The van der Waals surface area contributed by atoms with E-state index in [2.05, 4.69) is 0 Å². The summed E-state index contributed by atoms with van der Waals surface area (Å²) in [5, 5.41) is 20.7. The summed E-state index contributed by atoms with van der Waals surface area (Å²) < 4.78 is 10.2. The zero-order valence-corrected chi connectivity index (χ0v) is 9.60. The van der Waals surface area contributed by atoms with Crippen LogP contribution in [-0.2, 0) is 6.42 Å². The van der Waals surface area contributed by atoms with Crippen LogP contribution in [-0.4, -0.2) is 25.2 Å². The number of carboxylic acids is 1. The first-order valence-corrected chi connectivity index (χ1v) is 5.30. The molecule has 0 aliphatic carbocycles. The highest BCUT2D eigenvalue weighted by molar-refractivity contribution is 6.46. The van der Waals surface area contributed by atoms with Gasteiger partial charge < -0.3 is 24.3 Å². The van der Waals surface area contributed by atoms with Gasteiger partial charge in [-0.2, -0.15) is 0 Å². The average molecular weight is 235 g/mol. The van der Waals surface area contributed by atoms with Crippen molar-refractivity contribution in [3.63, 3.8) is 0 Å². The molecule has 1 aromatic rings. The summed E-state index contributed by atoms with van der Waals surface area (Å²) in [6.45, 7) is 1.83. The standard InChI is InChI=1S/C11H13BO5/c1-6-5-7-3-4-8(16-2)9(11(13)14)10(7)17-12(6)15/h3-4,6,15H,5H2,1-2H3,(H,13,14)/p-1/t6-/m0/s1. The highest BCUT2D eigenvalue weighted by atomic mass is 16.5. The molecule has 0 unspecified atom stereocenters. The summed E-state index contributed by atoms with van der Waals surface area (Å²) in [7, 11) is 0.364. The van der Waals surface area contributed by atoms with E-state index in [0.29, 0.717) is 6.42 Å². The minimum absolute atomic E-state index is 0.0782. The number of fused-ring (bicyclic) bond motifs is 1. The molecule has 0 aromatic heterocycles. The Kier molecular flexibility index (Phi) is 2.98. The van der Waals surface area contributed by atoms with Gasteiger partial charge >= 0.3 is 7.12 Å². The van der Waals surface area contributed by atoms with E-state index in [1.807, 2.05) is 6.92 Å². The summed E-state index contributed by atoms with van der Waals surface area (Å²) in [6, 6.07) is 3.31. The van der Waals surface area contributed by atoms with Gasteiger partial charge in [-0.1, -0.05) is 13.0 Å². The quantitative estimate of drug-likeness (QED) is 0.722. The van der Waals surface area contributed by atoms with E-state index in [9.17, 15) is 14.9 Å². The van der Waals surface area contributed by atoms with Gasteiger partial charge in [0.05, 0.1) is 18.6 Å². The number of benzene rings is 1. The molecule has 17 heavy (non-hydrogen) atoms. The van der Waals surface area contributed by atoms with Crippen LogP contribution in [0.2, 0.25) is 5.82 Å². The predicted molar refractivity (Wildman–Crippen MR) is 59.1 cm³/mol. The Bertz CT molecular complexity index is 459. The normalized spacial score (nSPS) is 18.3. The lowest BCUT2D eigenvalue weighted by atomic mass is 9.68. The highest BCUT2D eigenvalue weighted by Crippen LogP contribution is 2.38. The topological polar surface area (TPSA) is 78.8 Å². The van der Waals surface area contributed by atoms with Crippen molar-refractivity contribution in [3.8, 4) is 11.5 Å². The van der Waals surface area contributed by atoms with Gasteiger partial charge in [-0.15, -0.1) is 0 Å². The summed E-state index contributed by atoms with van der Waals surface area (Å²) in [5.41, 5.74) is 0.596. The third-order valence-electron chi connectivity index (χ3n) is 2.89. The third kappa shape index (κ3) is 1.96. The number of carboxylic acid groups (broad SMARTS) is 1. The zero-order valence-electron chi connectivity index (χ0n) is 9.60. The van der Waals surface area contributed by atoms with Crippen molar-refractivity contribution in [3.05, 3.63) is 23.3 Å². The SMILES string of the molecule is COc1ccc2c(c1C(=O)[O-])OB(O)[C@@H](C)C2. The van der Waals surface area contributed by atoms with Crippen LogP contribution in [0.5, 0.6) is 11.5 Å². The smallest absolute Gasteiger partial charge is 0.525 e. The molecule has 0 fully saturated rings. The molecule has 0 saturated carbocycles. The lowest BCUT2D eigenvalue weighted by Crippen LogP contribution is -2.34. The van der Waals surface area contributed by atoms with Crippen LogP contribution in [0.15, 0.2) is 12.1 Å². The van der Waals surface area contributed by atoms with E-state index in [-0.39, 0.29) is 22.9 Å². The Morgan fingerprint density at radius 1 is 1.65 bits per heavy atom. The van der Waals surface area contributed by atoms with Gasteiger partial charge in [0.15, 0.2) is 0 Å². The van der Waals surface area contributed by atoms with Crippen LogP contribution in [0.25, 0.3) is 0 Å². The number of ether oxygens (including phenoxy) is 1. The number of methoxy groups -OCH3 is 1. The molecule has 1 aromatic carbocycles. The fourth-order valence-electron chi connectivity index (χ4n) is 1.95. The van der Waals surface area contributed by atoms with Crippen LogP contribution in [0, 0.1) is 0 Å². The van der Waals surface area contributed by atoms with Crippen molar-refractivity contribution < 1.29 is 24.3 Å². The van der Waals surface area contributed by atoms with Crippen LogP contribution in [0.1, 0.15) is 22.8 Å². The van der Waals surface area contributed by atoms with Crippen molar-refractivity contribution in [2.75, 3.05) is 7.11 Å². The van der Waals surface area contributed by atoms with E-state index < -0.39 is 13.1 Å². The molecule has 90 valence electrons. The van der Waals surface area contributed by atoms with Gasteiger partial charge in [-0.25, -0.2) is 0 Å². The van der Waals surface area contributed by atoms with Gasteiger partial charge in [0, 0.05) is 5.82 Å². The Labute approximate surface area is 99.1 Å². The predicted octanol–water partition coefficient (Wildman–Crippen LogP) is -0.136. The molecular weight excluding hydrogens is 223 g/mol. The lowest BCUT2D eigenvalue weighted by Gasteiger charge is -2.28. The van der Waals surface area contributed by atoms with Crippen LogP contribution < -0.4 is 14.5 Å². The first-order valence-electron chi connectivity index (χ1n) is 5.30. The maximum absolute atomic E-state index is 11.1. The lowest BCUT2D eigenvalue weighted by molar-refractivity contribution is -0.255. The van der Waals surface area contributed by atoms with E-state index in [0.717, 1.165) is 5.56 Å². The first kappa shape index (κ1) is 11.8. The molecule has 5 nitrogen and oxygen atoms in total. The van der Waals surface area contributed by atoms with Crippen LogP contribution in [0.4, 0.5) is 0 Å². The Morgan fingerprint density at radius 2 is 2.35 bits per heavy atom. The van der Waals surface area contributed by atoms with Gasteiger partial charge in [0.2, 0.25) is 0 Å². The second-order valence-electron chi connectivity index (χ2n) is 4.11. The molecule has 1 heterocycles. The molecule has 6 heteroatoms. The van der Waals surface area contributed by atoms with E-state index in [1.165, 1.54) is 7.11 Å². The Morgan fingerprint density at radius 3 is 2.94 bits per heavy atom. The largest absolute Gasteiger partial charge is 0.545 e. The van der Waals surface area contributed by atoms with E-state index in [1.54, 1.807) is 12.1 Å². The van der Waals surface area contributed by atoms with E-state index in [4.69, 9.17) is 9.39 Å². The Balaban J connectivity index is 2.56. The number of hydrogen-bond donors (Lipinski definition) is 1.